The Morgan fingerprint density at radius 2 is 1.61 bits per heavy atom. The van der Waals surface area contributed by atoms with Crippen molar-refractivity contribution in [1.82, 2.24) is 15.5 Å². The largest absolute Gasteiger partial charge is 0.468 e. The summed E-state index contributed by atoms with van der Waals surface area (Å²) in [5, 5.41) is 16.5. The van der Waals surface area contributed by atoms with Gasteiger partial charge in [0.05, 0.1) is 50.9 Å². The molecule has 59 heavy (non-hydrogen) atoms. The molecule has 0 radical (unpaired) electrons. The SMILES string of the molecule is C=CCNC(=O)[C@H]1[C@@H]2C(=O)O[C@@H](C3CCCCC3)[C@@H](C3CCCCC3)N2[C@@H](C2CCCCC2OCCO)[C@]12C(=O)NC1CCC(C#CCC(C(=O)OC)C(=O)OC)CC12. The first-order valence-corrected chi connectivity index (χ1v) is 22.7. The van der Waals surface area contributed by atoms with Crippen molar-refractivity contribution in [3.05, 3.63) is 12.7 Å². The monoisotopic (exact) mass is 821 g/mol. The molecule has 2 amide bonds. The molecule has 0 aromatic rings. The topological polar surface area (TPSA) is 170 Å². The van der Waals surface area contributed by atoms with Crippen molar-refractivity contribution in [3.63, 3.8) is 0 Å². The minimum atomic E-state index is -1.32. The van der Waals surface area contributed by atoms with Gasteiger partial charge in [-0.2, -0.15) is 0 Å². The third-order valence-electron chi connectivity index (χ3n) is 15.4. The van der Waals surface area contributed by atoms with Crippen LogP contribution in [-0.2, 0) is 42.9 Å². The summed E-state index contributed by atoms with van der Waals surface area (Å²) in [5.74, 6) is 1.58. The van der Waals surface area contributed by atoms with E-state index >= 15 is 14.4 Å². The van der Waals surface area contributed by atoms with E-state index in [0.29, 0.717) is 19.3 Å². The molecule has 3 N–H and O–H groups in total. The quantitative estimate of drug-likeness (QED) is 0.0847. The van der Waals surface area contributed by atoms with Crippen molar-refractivity contribution < 1.29 is 48.0 Å². The van der Waals surface area contributed by atoms with Gasteiger partial charge in [-0.25, -0.2) is 0 Å². The van der Waals surface area contributed by atoms with E-state index in [1.54, 1.807) is 6.08 Å². The molecule has 1 spiro atoms. The Balaban J connectivity index is 1.38. The maximum atomic E-state index is 15.6. The first-order chi connectivity index (χ1) is 28.7. The van der Waals surface area contributed by atoms with Crippen molar-refractivity contribution in [2.45, 2.75) is 152 Å². The number of hydrogen-bond acceptors (Lipinski definition) is 11. The number of hydrogen-bond donors (Lipinski definition) is 3. The smallest absolute Gasteiger partial charge is 0.324 e. The number of rotatable bonds is 12. The Labute approximate surface area is 349 Å². The molecule has 0 aromatic heterocycles. The molecular weight excluding hydrogens is 755 g/mol. The van der Waals surface area contributed by atoms with E-state index in [1.807, 2.05) is 0 Å². The van der Waals surface area contributed by atoms with Crippen LogP contribution in [0.4, 0.5) is 0 Å². The van der Waals surface area contributed by atoms with Crippen molar-refractivity contribution in [3.8, 4) is 11.8 Å². The van der Waals surface area contributed by atoms with Crippen LogP contribution in [0.15, 0.2) is 12.7 Å². The lowest BCUT2D eigenvalue weighted by Gasteiger charge is -2.54. The van der Waals surface area contributed by atoms with E-state index in [0.717, 1.165) is 83.5 Å². The zero-order valence-electron chi connectivity index (χ0n) is 35.2. The summed E-state index contributed by atoms with van der Waals surface area (Å²) in [4.78, 5) is 73.1. The molecule has 7 aliphatic rings. The fourth-order valence-corrected chi connectivity index (χ4v) is 13.1. The second kappa shape index (κ2) is 19.5. The summed E-state index contributed by atoms with van der Waals surface area (Å²) < 4.78 is 23.0. The fourth-order valence-electron chi connectivity index (χ4n) is 13.1. The number of aliphatic hydroxyl groups is 1. The number of amides is 2. The standard InChI is InChI=1S/C46H67N3O10/c1-4-24-47-41(51)36-38-44(54)59-39(30-17-9-6-10-18-30)37(29-15-7-5-8-16-29)49(38)40(31-19-11-12-21-35(31)58-26-25-50)46(36)33-27-28(22-23-34(33)48-45(46)55)14-13-20-32(42(52)56-2)43(53)57-3/h4,28-40,50H,1,5-12,15-27H2,2-3H3,(H,47,51)(H,48,55)/t28?,31?,33?,34?,35?,36-,37-,38-,39+,40+,46-/m1/s1. The van der Waals surface area contributed by atoms with Crippen LogP contribution in [0, 0.1) is 58.7 Å². The minimum Gasteiger partial charge on any atom is -0.468 e. The number of morpholine rings is 1. The van der Waals surface area contributed by atoms with Gasteiger partial charge in [0.25, 0.3) is 0 Å². The summed E-state index contributed by atoms with van der Waals surface area (Å²) in [5.41, 5.74) is -1.32. The van der Waals surface area contributed by atoms with Gasteiger partial charge in [-0.05, 0) is 75.5 Å². The predicted molar refractivity (Wildman–Crippen MR) is 217 cm³/mol. The summed E-state index contributed by atoms with van der Waals surface area (Å²) in [7, 11) is 2.45. The number of cyclic esters (lactones) is 1. The first-order valence-electron chi connectivity index (χ1n) is 22.7. The van der Waals surface area contributed by atoms with Gasteiger partial charge in [-0.3, -0.25) is 28.9 Å². The van der Waals surface area contributed by atoms with Crippen LogP contribution >= 0.6 is 0 Å². The second-order valence-electron chi connectivity index (χ2n) is 18.4. The van der Waals surface area contributed by atoms with E-state index in [2.05, 4.69) is 34.0 Å². The van der Waals surface area contributed by atoms with Crippen LogP contribution in [0.1, 0.15) is 116 Å². The van der Waals surface area contributed by atoms with Crippen LogP contribution in [0.3, 0.4) is 0 Å². The zero-order chi connectivity index (χ0) is 41.7. The molecule has 3 heterocycles. The highest BCUT2D eigenvalue weighted by atomic mass is 16.6. The molecule has 13 nitrogen and oxygen atoms in total. The lowest BCUT2D eigenvalue weighted by Crippen LogP contribution is -2.66. The molecule has 5 unspecified atom stereocenters. The van der Waals surface area contributed by atoms with Crippen LogP contribution in [0.2, 0.25) is 0 Å². The normalized spacial score (nSPS) is 36.4. The van der Waals surface area contributed by atoms with Crippen molar-refractivity contribution in [2.75, 3.05) is 34.0 Å². The van der Waals surface area contributed by atoms with Gasteiger partial charge in [0.15, 0.2) is 5.92 Å². The molecule has 4 aliphatic carbocycles. The number of nitrogens with one attached hydrogen (secondary N) is 2. The molecular formula is C46H67N3O10. The highest BCUT2D eigenvalue weighted by Crippen LogP contribution is 2.64. The Morgan fingerprint density at radius 1 is 0.949 bits per heavy atom. The van der Waals surface area contributed by atoms with Crippen molar-refractivity contribution >= 4 is 29.7 Å². The number of esters is 3. The van der Waals surface area contributed by atoms with Gasteiger partial charge >= 0.3 is 17.9 Å². The molecule has 326 valence electrons. The molecule has 13 heteroatoms. The fraction of sp³-hybridized carbons (Fsp3) is 0.804. The Morgan fingerprint density at radius 3 is 2.27 bits per heavy atom. The maximum Gasteiger partial charge on any atom is 0.324 e. The van der Waals surface area contributed by atoms with Crippen molar-refractivity contribution in [2.24, 2.45) is 46.8 Å². The number of nitrogens with zero attached hydrogens (tertiary/aromatic N) is 1. The van der Waals surface area contributed by atoms with Gasteiger partial charge in [-0.15, -0.1) is 12.5 Å². The van der Waals surface area contributed by atoms with Gasteiger partial charge in [-0.1, -0.05) is 63.4 Å². The zero-order valence-corrected chi connectivity index (χ0v) is 35.2. The highest BCUT2D eigenvalue weighted by molar-refractivity contribution is 5.99. The third-order valence-corrected chi connectivity index (χ3v) is 15.4. The van der Waals surface area contributed by atoms with Gasteiger partial charge in [0.2, 0.25) is 11.8 Å². The first kappa shape index (κ1) is 43.6. The van der Waals surface area contributed by atoms with E-state index in [1.165, 1.54) is 20.6 Å². The molecule has 3 saturated heterocycles. The maximum absolute atomic E-state index is 15.6. The number of fused-ring (bicyclic) bond motifs is 3. The summed E-state index contributed by atoms with van der Waals surface area (Å²) in [6.45, 7) is 4.09. The lowest BCUT2D eigenvalue weighted by atomic mass is 9.55. The molecule has 0 bridgehead atoms. The number of carbonyl (C=O) groups excluding carboxylic acids is 5. The average molecular weight is 822 g/mol. The van der Waals surface area contributed by atoms with Crippen LogP contribution < -0.4 is 10.6 Å². The van der Waals surface area contributed by atoms with E-state index < -0.39 is 47.2 Å². The summed E-state index contributed by atoms with van der Waals surface area (Å²) in [6, 6.07) is -1.86. The summed E-state index contributed by atoms with van der Waals surface area (Å²) in [6.07, 6.45) is 16.8. The van der Waals surface area contributed by atoms with Crippen molar-refractivity contribution in [1.29, 1.82) is 0 Å². The van der Waals surface area contributed by atoms with Crippen LogP contribution in [-0.4, -0.2) is 110 Å². The predicted octanol–water partition coefficient (Wildman–Crippen LogP) is 4.24. The lowest BCUT2D eigenvalue weighted by molar-refractivity contribution is -0.192. The Bertz CT molecular complexity index is 1600. The molecule has 4 saturated carbocycles. The molecule has 7 fully saturated rings. The number of aliphatic hydroxyl groups excluding tert-OH is 1. The minimum absolute atomic E-state index is 0.0687. The molecule has 0 aromatic carbocycles. The van der Waals surface area contributed by atoms with E-state index in [4.69, 9.17) is 18.9 Å². The average Bonchev–Trinajstić information content (AvgIpc) is 3.74. The van der Waals surface area contributed by atoms with Crippen LogP contribution in [0.25, 0.3) is 0 Å². The number of ether oxygens (including phenoxy) is 4. The molecule has 3 aliphatic heterocycles. The summed E-state index contributed by atoms with van der Waals surface area (Å²) >= 11 is 0. The second-order valence-corrected chi connectivity index (χ2v) is 18.4. The molecule has 7 rings (SSSR count). The van der Waals surface area contributed by atoms with E-state index in [-0.39, 0.29) is 91.9 Å². The van der Waals surface area contributed by atoms with E-state index in [9.17, 15) is 14.7 Å². The third kappa shape index (κ3) is 8.31. The Hall–Kier alpha value is -3.47. The van der Waals surface area contributed by atoms with Crippen LogP contribution in [0.5, 0.6) is 0 Å². The Kier molecular flexibility index (Phi) is 14.4. The van der Waals surface area contributed by atoms with Gasteiger partial charge in [0.1, 0.15) is 12.1 Å². The molecule has 11 atom stereocenters. The highest BCUT2D eigenvalue weighted by Gasteiger charge is 2.78. The van der Waals surface area contributed by atoms with Gasteiger partial charge in [0, 0.05) is 36.9 Å². The number of methoxy groups -OCH3 is 2. The number of carbonyl (C=O) groups is 5. The van der Waals surface area contributed by atoms with Gasteiger partial charge < -0.3 is 34.7 Å².